The molecular weight excluding hydrogens is 306 g/mol. The van der Waals surface area contributed by atoms with E-state index >= 15 is 0 Å². The van der Waals surface area contributed by atoms with Crippen molar-refractivity contribution >= 4 is 5.91 Å². The van der Waals surface area contributed by atoms with Crippen LogP contribution in [-0.4, -0.2) is 25.2 Å². The molecule has 1 unspecified atom stereocenters. The van der Waals surface area contributed by atoms with Gasteiger partial charge in [-0.15, -0.1) is 0 Å². The molecule has 1 aromatic carbocycles. The third-order valence-electron chi connectivity index (χ3n) is 3.98. The van der Waals surface area contributed by atoms with Gasteiger partial charge in [0.25, 0.3) is 5.91 Å². The van der Waals surface area contributed by atoms with E-state index in [1.807, 2.05) is 26.0 Å². The smallest absolute Gasteiger partial charge is 0.287 e. The topological polar surface area (TPSA) is 60.7 Å². The number of rotatable bonds is 6. The first-order valence-electron chi connectivity index (χ1n) is 8.30. The minimum Gasteiger partial charge on any atom is -0.486 e. The van der Waals surface area contributed by atoms with E-state index in [0.29, 0.717) is 24.7 Å². The van der Waals surface area contributed by atoms with Gasteiger partial charge in [-0.25, -0.2) is 0 Å². The Kier molecular flexibility index (Phi) is 5.20. The summed E-state index contributed by atoms with van der Waals surface area (Å²) in [6.45, 7) is 5.66. The molecule has 1 amide bonds. The van der Waals surface area contributed by atoms with Crippen molar-refractivity contribution in [2.24, 2.45) is 0 Å². The van der Waals surface area contributed by atoms with Crippen molar-refractivity contribution in [1.82, 2.24) is 5.32 Å². The van der Waals surface area contributed by atoms with Crippen molar-refractivity contribution in [3.05, 3.63) is 53.0 Å². The van der Waals surface area contributed by atoms with Crippen molar-refractivity contribution in [1.29, 1.82) is 0 Å². The third kappa shape index (κ3) is 4.38. The molecule has 3 rings (SSSR count). The van der Waals surface area contributed by atoms with Gasteiger partial charge in [0.15, 0.2) is 5.76 Å². The number of hydrogen-bond donors (Lipinski definition) is 1. The molecule has 2 heterocycles. The molecule has 24 heavy (non-hydrogen) atoms. The molecule has 1 fully saturated rings. The van der Waals surface area contributed by atoms with Crippen LogP contribution in [0.4, 0.5) is 0 Å². The number of ether oxygens (including phenoxy) is 2. The van der Waals surface area contributed by atoms with Crippen molar-refractivity contribution in [3.8, 4) is 5.75 Å². The molecule has 1 atom stereocenters. The fourth-order valence-electron chi connectivity index (χ4n) is 2.85. The second kappa shape index (κ2) is 7.53. The molecular formula is C19H23NO4. The van der Waals surface area contributed by atoms with E-state index in [0.717, 1.165) is 36.3 Å². The van der Waals surface area contributed by atoms with E-state index in [1.54, 1.807) is 12.1 Å². The summed E-state index contributed by atoms with van der Waals surface area (Å²) in [6.07, 6.45) is 2.17. The highest BCUT2D eigenvalue weighted by Gasteiger charge is 2.18. The number of carbonyl (C=O) groups is 1. The van der Waals surface area contributed by atoms with Gasteiger partial charge < -0.3 is 19.2 Å². The van der Waals surface area contributed by atoms with Gasteiger partial charge in [0.05, 0.1) is 6.10 Å². The summed E-state index contributed by atoms with van der Waals surface area (Å²) in [5.74, 6) is 1.50. The molecule has 0 aliphatic carbocycles. The summed E-state index contributed by atoms with van der Waals surface area (Å²) in [5.41, 5.74) is 2.30. The molecule has 0 spiro atoms. The van der Waals surface area contributed by atoms with Crippen molar-refractivity contribution in [2.45, 2.75) is 39.4 Å². The zero-order chi connectivity index (χ0) is 16.9. The van der Waals surface area contributed by atoms with Gasteiger partial charge in [0, 0.05) is 13.2 Å². The SMILES string of the molecule is Cc1cc(C)cc(OCc2ccc(C(=O)NCC3CCCO3)o2)c1. The average Bonchev–Trinajstić information content (AvgIpc) is 3.21. The van der Waals surface area contributed by atoms with Crippen molar-refractivity contribution in [2.75, 3.05) is 13.2 Å². The van der Waals surface area contributed by atoms with Crippen molar-refractivity contribution < 1.29 is 18.7 Å². The van der Waals surface area contributed by atoms with E-state index in [2.05, 4.69) is 11.4 Å². The van der Waals surface area contributed by atoms with Crippen LogP contribution in [0, 0.1) is 13.8 Å². The van der Waals surface area contributed by atoms with Crippen LogP contribution >= 0.6 is 0 Å². The van der Waals surface area contributed by atoms with Gasteiger partial charge in [-0.05, 0) is 62.1 Å². The number of hydrogen-bond acceptors (Lipinski definition) is 4. The summed E-state index contributed by atoms with van der Waals surface area (Å²) in [4.78, 5) is 12.1. The van der Waals surface area contributed by atoms with Gasteiger partial charge >= 0.3 is 0 Å². The minimum absolute atomic E-state index is 0.122. The molecule has 5 heteroatoms. The second-order valence-electron chi connectivity index (χ2n) is 6.22. The number of aryl methyl sites for hydroxylation is 2. The molecule has 1 aromatic heterocycles. The Hall–Kier alpha value is -2.27. The molecule has 0 radical (unpaired) electrons. The van der Waals surface area contributed by atoms with E-state index in [9.17, 15) is 4.79 Å². The molecule has 1 saturated heterocycles. The van der Waals surface area contributed by atoms with Gasteiger partial charge in [-0.3, -0.25) is 4.79 Å². The van der Waals surface area contributed by atoms with E-state index in [-0.39, 0.29) is 12.0 Å². The number of furan rings is 1. The normalized spacial score (nSPS) is 17.0. The Morgan fingerprint density at radius 1 is 1.25 bits per heavy atom. The number of amides is 1. The maximum absolute atomic E-state index is 12.1. The van der Waals surface area contributed by atoms with Gasteiger partial charge in [-0.1, -0.05) is 6.07 Å². The summed E-state index contributed by atoms with van der Waals surface area (Å²) in [6, 6.07) is 9.49. The Balaban J connectivity index is 1.51. The molecule has 0 saturated carbocycles. The molecule has 128 valence electrons. The number of nitrogens with one attached hydrogen (secondary N) is 1. The predicted molar refractivity (Wildman–Crippen MR) is 90.3 cm³/mol. The van der Waals surface area contributed by atoms with E-state index in [4.69, 9.17) is 13.9 Å². The first-order chi connectivity index (χ1) is 11.6. The lowest BCUT2D eigenvalue weighted by molar-refractivity contribution is 0.0832. The average molecular weight is 329 g/mol. The van der Waals surface area contributed by atoms with Gasteiger partial charge in [0.2, 0.25) is 0 Å². The highest BCUT2D eigenvalue weighted by atomic mass is 16.5. The first-order valence-corrected chi connectivity index (χ1v) is 8.30. The van der Waals surface area contributed by atoms with Crippen LogP contribution in [0.3, 0.4) is 0 Å². The van der Waals surface area contributed by atoms with Crippen LogP contribution in [0.1, 0.15) is 40.3 Å². The molecule has 2 aromatic rings. The summed E-state index contributed by atoms with van der Waals surface area (Å²) in [7, 11) is 0. The first kappa shape index (κ1) is 16.6. The highest BCUT2D eigenvalue weighted by Crippen LogP contribution is 2.18. The maximum Gasteiger partial charge on any atom is 0.287 e. The molecule has 5 nitrogen and oxygen atoms in total. The Morgan fingerprint density at radius 2 is 2.04 bits per heavy atom. The maximum atomic E-state index is 12.1. The predicted octanol–water partition coefficient (Wildman–Crippen LogP) is 3.38. The molecule has 1 N–H and O–H groups in total. The Morgan fingerprint density at radius 3 is 2.75 bits per heavy atom. The van der Waals surface area contributed by atoms with Gasteiger partial charge in [-0.2, -0.15) is 0 Å². The van der Waals surface area contributed by atoms with Gasteiger partial charge in [0.1, 0.15) is 18.1 Å². The Labute approximate surface area is 141 Å². The van der Waals surface area contributed by atoms with Crippen molar-refractivity contribution in [3.63, 3.8) is 0 Å². The molecule has 1 aliphatic heterocycles. The largest absolute Gasteiger partial charge is 0.486 e. The number of carbonyl (C=O) groups excluding carboxylic acids is 1. The highest BCUT2D eigenvalue weighted by molar-refractivity contribution is 5.91. The zero-order valence-corrected chi connectivity index (χ0v) is 14.1. The number of benzene rings is 1. The lowest BCUT2D eigenvalue weighted by atomic mass is 10.1. The van der Waals surface area contributed by atoms with Crippen LogP contribution in [-0.2, 0) is 11.3 Å². The van der Waals surface area contributed by atoms with E-state index in [1.165, 1.54) is 0 Å². The summed E-state index contributed by atoms with van der Waals surface area (Å²) >= 11 is 0. The molecule has 1 aliphatic rings. The fraction of sp³-hybridized carbons (Fsp3) is 0.421. The standard InChI is InChI=1S/C19H23NO4/c1-13-8-14(2)10-17(9-13)23-12-16-5-6-18(24-16)19(21)20-11-15-4-3-7-22-15/h5-6,8-10,15H,3-4,7,11-12H2,1-2H3,(H,20,21). The summed E-state index contributed by atoms with van der Waals surface area (Å²) < 4.78 is 16.8. The van der Waals surface area contributed by atoms with E-state index < -0.39 is 0 Å². The summed E-state index contributed by atoms with van der Waals surface area (Å²) in [5, 5.41) is 2.84. The van der Waals surface area contributed by atoms with Crippen LogP contribution in [0.2, 0.25) is 0 Å². The van der Waals surface area contributed by atoms with Crippen LogP contribution in [0.25, 0.3) is 0 Å². The quantitative estimate of drug-likeness (QED) is 0.882. The molecule has 0 bridgehead atoms. The van der Waals surface area contributed by atoms with Crippen LogP contribution in [0.15, 0.2) is 34.7 Å². The second-order valence-corrected chi connectivity index (χ2v) is 6.22. The third-order valence-corrected chi connectivity index (χ3v) is 3.98. The Bertz CT molecular complexity index is 681. The van der Waals surface area contributed by atoms with Crippen LogP contribution < -0.4 is 10.1 Å². The lowest BCUT2D eigenvalue weighted by Crippen LogP contribution is -2.31. The van der Waals surface area contributed by atoms with Crippen LogP contribution in [0.5, 0.6) is 5.75 Å². The lowest BCUT2D eigenvalue weighted by Gasteiger charge is -2.09. The minimum atomic E-state index is -0.219. The zero-order valence-electron chi connectivity index (χ0n) is 14.1. The fourth-order valence-corrected chi connectivity index (χ4v) is 2.85. The monoisotopic (exact) mass is 329 g/mol.